The van der Waals surface area contributed by atoms with Gasteiger partial charge in [0.1, 0.15) is 17.3 Å². The van der Waals surface area contributed by atoms with Crippen molar-refractivity contribution in [1.29, 1.82) is 0 Å². The summed E-state index contributed by atoms with van der Waals surface area (Å²) < 4.78 is 13.6. The molecular formula is C14H14ClFN2. The first kappa shape index (κ1) is 13.0. The minimum Gasteiger partial charge on any atom is -0.236 e. The van der Waals surface area contributed by atoms with Crippen LogP contribution in [0.1, 0.15) is 24.5 Å². The maximum atomic E-state index is 13.6. The van der Waals surface area contributed by atoms with Crippen molar-refractivity contribution in [3.8, 4) is 11.3 Å². The van der Waals surface area contributed by atoms with Gasteiger partial charge in [0.25, 0.3) is 0 Å². The molecule has 0 N–H and O–H groups in total. The lowest BCUT2D eigenvalue weighted by Gasteiger charge is -2.09. The number of aromatic nitrogens is 2. The fourth-order valence-electron chi connectivity index (χ4n) is 1.85. The molecular weight excluding hydrogens is 251 g/mol. The monoisotopic (exact) mass is 264 g/mol. The Morgan fingerprint density at radius 3 is 2.72 bits per heavy atom. The zero-order valence-electron chi connectivity index (χ0n) is 10.4. The van der Waals surface area contributed by atoms with Crippen LogP contribution in [0.5, 0.6) is 0 Å². The molecule has 94 valence electrons. The summed E-state index contributed by atoms with van der Waals surface area (Å²) in [6.07, 6.45) is 3.13. The van der Waals surface area contributed by atoms with Crippen LogP contribution in [0.3, 0.4) is 0 Å². The lowest BCUT2D eigenvalue weighted by molar-refractivity contribution is 0.619. The van der Waals surface area contributed by atoms with Crippen LogP contribution in [0.2, 0.25) is 5.15 Å². The van der Waals surface area contributed by atoms with Crippen molar-refractivity contribution in [2.45, 2.75) is 26.7 Å². The minimum atomic E-state index is -0.232. The van der Waals surface area contributed by atoms with E-state index in [-0.39, 0.29) is 5.82 Å². The number of benzene rings is 1. The highest BCUT2D eigenvalue weighted by atomic mass is 35.5. The first-order chi connectivity index (χ1) is 8.63. The van der Waals surface area contributed by atoms with E-state index in [0.29, 0.717) is 10.7 Å². The van der Waals surface area contributed by atoms with E-state index in [9.17, 15) is 4.39 Å². The van der Waals surface area contributed by atoms with Crippen molar-refractivity contribution in [1.82, 2.24) is 9.97 Å². The zero-order chi connectivity index (χ0) is 13.1. The molecule has 0 aliphatic rings. The third-order valence-electron chi connectivity index (χ3n) is 2.84. The summed E-state index contributed by atoms with van der Waals surface area (Å²) in [5, 5.41) is 0.447. The standard InChI is InChI=1S/C14H14ClFN2/c1-3-4-11-13(17-8-18-14(11)15)10-6-5-9(2)12(16)7-10/h5-8H,3-4H2,1-2H3. The Kier molecular flexibility index (Phi) is 3.92. The number of hydrogen-bond acceptors (Lipinski definition) is 2. The second kappa shape index (κ2) is 5.44. The quantitative estimate of drug-likeness (QED) is 0.777. The molecule has 2 aromatic rings. The van der Waals surface area contributed by atoms with E-state index in [2.05, 4.69) is 16.9 Å². The lowest BCUT2D eigenvalue weighted by atomic mass is 10.0. The summed E-state index contributed by atoms with van der Waals surface area (Å²) in [6.45, 7) is 3.79. The van der Waals surface area contributed by atoms with Gasteiger partial charge >= 0.3 is 0 Å². The average Bonchev–Trinajstić information content (AvgIpc) is 2.35. The van der Waals surface area contributed by atoms with Gasteiger partial charge in [0.2, 0.25) is 0 Å². The van der Waals surface area contributed by atoms with Gasteiger partial charge in [-0.05, 0) is 25.0 Å². The van der Waals surface area contributed by atoms with E-state index in [1.165, 1.54) is 12.4 Å². The van der Waals surface area contributed by atoms with Crippen LogP contribution >= 0.6 is 11.6 Å². The summed E-state index contributed by atoms with van der Waals surface area (Å²) in [6, 6.07) is 5.10. The van der Waals surface area contributed by atoms with Crippen LogP contribution in [0.15, 0.2) is 24.5 Å². The summed E-state index contributed by atoms with van der Waals surface area (Å²) >= 11 is 6.08. The normalized spacial score (nSPS) is 10.7. The molecule has 0 saturated carbocycles. The number of aryl methyl sites for hydroxylation is 1. The van der Waals surface area contributed by atoms with Crippen LogP contribution in [-0.2, 0) is 6.42 Å². The topological polar surface area (TPSA) is 25.8 Å². The SMILES string of the molecule is CCCc1c(Cl)ncnc1-c1ccc(C)c(F)c1. The van der Waals surface area contributed by atoms with Gasteiger partial charge in [0.15, 0.2) is 0 Å². The van der Waals surface area contributed by atoms with Gasteiger partial charge in [0, 0.05) is 11.1 Å². The molecule has 0 fully saturated rings. The van der Waals surface area contributed by atoms with Crippen LogP contribution in [0.4, 0.5) is 4.39 Å². The van der Waals surface area contributed by atoms with Gasteiger partial charge < -0.3 is 0 Å². The predicted octanol–water partition coefficient (Wildman–Crippen LogP) is 4.20. The molecule has 1 aromatic heterocycles. The molecule has 0 amide bonds. The molecule has 0 radical (unpaired) electrons. The van der Waals surface area contributed by atoms with Gasteiger partial charge in [-0.3, -0.25) is 0 Å². The van der Waals surface area contributed by atoms with E-state index >= 15 is 0 Å². The minimum absolute atomic E-state index is 0.232. The maximum absolute atomic E-state index is 13.6. The van der Waals surface area contributed by atoms with E-state index < -0.39 is 0 Å². The summed E-state index contributed by atoms with van der Waals surface area (Å²) in [4.78, 5) is 8.22. The average molecular weight is 265 g/mol. The highest BCUT2D eigenvalue weighted by Gasteiger charge is 2.12. The Labute approximate surface area is 111 Å². The summed E-state index contributed by atoms with van der Waals surface area (Å²) in [5.74, 6) is -0.232. The number of halogens is 2. The van der Waals surface area contributed by atoms with Gasteiger partial charge in [-0.15, -0.1) is 0 Å². The smallest absolute Gasteiger partial charge is 0.136 e. The Morgan fingerprint density at radius 1 is 1.28 bits per heavy atom. The zero-order valence-corrected chi connectivity index (χ0v) is 11.1. The van der Waals surface area contributed by atoms with Crippen molar-refractivity contribution in [2.75, 3.05) is 0 Å². The van der Waals surface area contributed by atoms with Crippen LogP contribution in [0.25, 0.3) is 11.3 Å². The molecule has 0 bridgehead atoms. The van der Waals surface area contributed by atoms with E-state index in [1.54, 1.807) is 13.0 Å². The van der Waals surface area contributed by atoms with Gasteiger partial charge in [0.05, 0.1) is 5.69 Å². The number of hydrogen-bond donors (Lipinski definition) is 0. The molecule has 0 atom stereocenters. The van der Waals surface area contributed by atoms with Gasteiger partial charge in [-0.1, -0.05) is 37.1 Å². The van der Waals surface area contributed by atoms with E-state index in [4.69, 9.17) is 11.6 Å². The summed E-state index contributed by atoms with van der Waals surface area (Å²) in [7, 11) is 0. The molecule has 4 heteroatoms. The van der Waals surface area contributed by atoms with Crippen molar-refractivity contribution in [3.05, 3.63) is 46.6 Å². The molecule has 1 aromatic carbocycles. The highest BCUT2D eigenvalue weighted by Crippen LogP contribution is 2.27. The molecule has 0 aliphatic carbocycles. The third-order valence-corrected chi connectivity index (χ3v) is 3.16. The highest BCUT2D eigenvalue weighted by molar-refractivity contribution is 6.30. The first-order valence-corrected chi connectivity index (χ1v) is 6.27. The van der Waals surface area contributed by atoms with Crippen molar-refractivity contribution in [3.63, 3.8) is 0 Å². The summed E-state index contributed by atoms with van der Waals surface area (Å²) in [5.41, 5.74) is 2.96. The number of nitrogens with zero attached hydrogens (tertiary/aromatic N) is 2. The van der Waals surface area contributed by atoms with Gasteiger partial charge in [-0.25, -0.2) is 14.4 Å². The molecule has 2 nitrogen and oxygen atoms in total. The van der Waals surface area contributed by atoms with Crippen molar-refractivity contribution < 1.29 is 4.39 Å². The molecule has 18 heavy (non-hydrogen) atoms. The molecule has 0 saturated heterocycles. The van der Waals surface area contributed by atoms with E-state index in [1.807, 2.05) is 6.07 Å². The number of rotatable bonds is 3. The molecule has 2 rings (SSSR count). The fraction of sp³-hybridized carbons (Fsp3) is 0.286. The molecule has 0 spiro atoms. The second-order valence-corrected chi connectivity index (χ2v) is 4.56. The lowest BCUT2D eigenvalue weighted by Crippen LogP contribution is -1.97. The predicted molar refractivity (Wildman–Crippen MR) is 71.2 cm³/mol. The van der Waals surface area contributed by atoms with Crippen LogP contribution in [-0.4, -0.2) is 9.97 Å². The van der Waals surface area contributed by atoms with Crippen LogP contribution < -0.4 is 0 Å². The first-order valence-electron chi connectivity index (χ1n) is 5.89. The molecule has 1 heterocycles. The molecule has 0 unspecified atom stereocenters. The van der Waals surface area contributed by atoms with Crippen LogP contribution in [0, 0.1) is 12.7 Å². The Hall–Kier alpha value is -1.48. The van der Waals surface area contributed by atoms with Gasteiger partial charge in [-0.2, -0.15) is 0 Å². The Bertz CT molecular complexity index is 570. The second-order valence-electron chi connectivity index (χ2n) is 4.21. The molecule has 0 aliphatic heterocycles. The van der Waals surface area contributed by atoms with Crippen molar-refractivity contribution in [2.24, 2.45) is 0 Å². The van der Waals surface area contributed by atoms with E-state index in [0.717, 1.165) is 29.7 Å². The Balaban J connectivity index is 2.55. The Morgan fingerprint density at radius 2 is 2.06 bits per heavy atom. The maximum Gasteiger partial charge on any atom is 0.136 e. The fourth-order valence-corrected chi connectivity index (χ4v) is 2.08. The third kappa shape index (κ3) is 2.51. The van der Waals surface area contributed by atoms with Crippen molar-refractivity contribution >= 4 is 11.6 Å². The largest absolute Gasteiger partial charge is 0.236 e.